The molecule has 4 aliphatic rings. The van der Waals surface area contributed by atoms with E-state index in [4.69, 9.17) is 9.57 Å². The third kappa shape index (κ3) is 3.28. The summed E-state index contributed by atoms with van der Waals surface area (Å²) in [5.41, 5.74) is -2.14. The first kappa shape index (κ1) is 22.9. The number of rotatable bonds is 5. The molecule has 32 heavy (non-hydrogen) atoms. The monoisotopic (exact) mass is 449 g/mol. The molecule has 0 amide bonds. The molecule has 4 aliphatic carbocycles. The van der Waals surface area contributed by atoms with Crippen molar-refractivity contribution < 1.29 is 34.5 Å². The summed E-state index contributed by atoms with van der Waals surface area (Å²) in [7, 11) is 0. The lowest BCUT2D eigenvalue weighted by Gasteiger charge is -2.60. The second-order valence-corrected chi connectivity index (χ2v) is 10.3. The van der Waals surface area contributed by atoms with Crippen LogP contribution in [0.1, 0.15) is 52.9 Å². The quantitative estimate of drug-likeness (QED) is 0.282. The van der Waals surface area contributed by atoms with Crippen molar-refractivity contribution in [3.8, 4) is 0 Å². The SMILES string of the molecule is CC(=O)OCC(=O)[C@@]1(O)CC[C@H]2C3CCC4=CC(O)C=C[C@]4(C)[C@H]3[C@@H](O[N+](=O)[O-])C[C@@]21C. The third-order valence-corrected chi connectivity index (χ3v) is 8.82. The molecule has 0 heterocycles. The number of esters is 1. The van der Waals surface area contributed by atoms with Crippen LogP contribution in [0.2, 0.25) is 0 Å². The van der Waals surface area contributed by atoms with E-state index in [1.807, 2.05) is 26.0 Å². The molecule has 2 N–H and O–H groups in total. The van der Waals surface area contributed by atoms with Gasteiger partial charge in [0.05, 0.1) is 6.10 Å². The van der Waals surface area contributed by atoms with Crippen LogP contribution in [-0.2, 0) is 19.2 Å². The van der Waals surface area contributed by atoms with Gasteiger partial charge in [-0.15, -0.1) is 10.1 Å². The lowest BCUT2D eigenvalue weighted by Crippen LogP contribution is -2.62. The Labute approximate surface area is 186 Å². The minimum absolute atomic E-state index is 0.00343. The molecule has 0 aromatic carbocycles. The summed E-state index contributed by atoms with van der Waals surface area (Å²) < 4.78 is 4.87. The Kier molecular flexibility index (Phi) is 5.48. The van der Waals surface area contributed by atoms with Crippen LogP contribution in [0.4, 0.5) is 0 Å². The summed E-state index contributed by atoms with van der Waals surface area (Å²) in [6.07, 6.45) is 6.40. The third-order valence-electron chi connectivity index (χ3n) is 8.82. The molecule has 9 heteroatoms. The largest absolute Gasteiger partial charge is 0.458 e. The van der Waals surface area contributed by atoms with Gasteiger partial charge < -0.3 is 19.8 Å². The number of aliphatic hydroxyl groups excluding tert-OH is 1. The molecule has 2 unspecified atom stereocenters. The number of carbonyl (C=O) groups is 2. The van der Waals surface area contributed by atoms with E-state index in [-0.39, 0.29) is 30.6 Å². The zero-order chi connectivity index (χ0) is 23.5. The van der Waals surface area contributed by atoms with Crippen LogP contribution in [0, 0.1) is 38.7 Å². The van der Waals surface area contributed by atoms with E-state index in [2.05, 4.69) is 0 Å². The summed E-state index contributed by atoms with van der Waals surface area (Å²) in [5, 5.41) is 32.3. The molecule has 0 aromatic heterocycles. The molecular formula is C23H31NO8. The van der Waals surface area contributed by atoms with Crippen LogP contribution in [0.3, 0.4) is 0 Å². The van der Waals surface area contributed by atoms with E-state index in [1.165, 1.54) is 6.92 Å². The number of allylic oxidation sites excluding steroid dienone is 2. The maximum Gasteiger partial charge on any atom is 0.303 e. The topological polar surface area (TPSA) is 136 Å². The molecule has 8 atom stereocenters. The number of hydrogen-bond acceptors (Lipinski definition) is 8. The molecule has 3 fully saturated rings. The lowest BCUT2D eigenvalue weighted by molar-refractivity contribution is -0.773. The first-order valence-electron chi connectivity index (χ1n) is 11.2. The average molecular weight is 450 g/mol. The molecule has 4 rings (SSSR count). The predicted molar refractivity (Wildman–Crippen MR) is 111 cm³/mol. The smallest absolute Gasteiger partial charge is 0.303 e. The van der Waals surface area contributed by atoms with Gasteiger partial charge in [-0.2, -0.15) is 0 Å². The van der Waals surface area contributed by atoms with Crippen molar-refractivity contribution in [3.05, 3.63) is 33.9 Å². The van der Waals surface area contributed by atoms with Gasteiger partial charge >= 0.3 is 5.97 Å². The Morgan fingerprint density at radius 2 is 2.03 bits per heavy atom. The van der Waals surface area contributed by atoms with Gasteiger partial charge in [-0.05, 0) is 43.9 Å². The lowest BCUT2D eigenvalue weighted by atomic mass is 9.46. The number of ether oxygens (including phenoxy) is 1. The highest BCUT2D eigenvalue weighted by Crippen LogP contribution is 2.67. The molecule has 3 saturated carbocycles. The average Bonchev–Trinajstić information content (AvgIpc) is 2.97. The van der Waals surface area contributed by atoms with E-state index in [9.17, 15) is 29.9 Å². The molecule has 176 valence electrons. The van der Waals surface area contributed by atoms with E-state index < -0.39 is 52.1 Å². The fourth-order valence-electron chi connectivity index (χ4n) is 7.37. The van der Waals surface area contributed by atoms with Gasteiger partial charge in [-0.1, -0.05) is 37.6 Å². The van der Waals surface area contributed by atoms with E-state index in [0.717, 1.165) is 18.4 Å². The van der Waals surface area contributed by atoms with Gasteiger partial charge in [0.25, 0.3) is 5.09 Å². The van der Waals surface area contributed by atoms with E-state index >= 15 is 0 Å². The van der Waals surface area contributed by atoms with Crippen molar-refractivity contribution in [1.29, 1.82) is 0 Å². The predicted octanol–water partition coefficient (Wildman–Crippen LogP) is 2.14. The highest BCUT2D eigenvalue weighted by Gasteiger charge is 2.68. The van der Waals surface area contributed by atoms with Crippen molar-refractivity contribution in [1.82, 2.24) is 0 Å². The van der Waals surface area contributed by atoms with E-state index in [1.54, 1.807) is 6.08 Å². The standard InChI is InChI=1S/C23H31NO8/c1-13(25)31-12-19(27)23(28)9-7-17-16-5-4-14-10-15(26)6-8-21(14,2)20(16)18(32-24(29)30)11-22(17,23)3/h6,8,10,15-18,20,26,28H,4-5,7,9,11-12H2,1-3H3/t15?,16?,17-,18-,20+,21-,22-,23-/m0/s1. The highest BCUT2D eigenvalue weighted by molar-refractivity contribution is 5.91. The van der Waals surface area contributed by atoms with Crippen molar-refractivity contribution in [2.24, 2.45) is 28.6 Å². The summed E-state index contributed by atoms with van der Waals surface area (Å²) in [4.78, 5) is 40.9. The Bertz CT molecular complexity index is 898. The van der Waals surface area contributed by atoms with Gasteiger partial charge in [0.1, 0.15) is 11.7 Å². The number of aliphatic hydroxyl groups is 2. The van der Waals surface area contributed by atoms with Crippen LogP contribution in [0.15, 0.2) is 23.8 Å². The maximum atomic E-state index is 13.0. The van der Waals surface area contributed by atoms with Crippen LogP contribution in [-0.4, -0.2) is 51.5 Å². The molecule has 0 spiro atoms. The molecule has 0 aromatic rings. The normalized spacial score (nSPS) is 44.5. The van der Waals surface area contributed by atoms with Crippen LogP contribution in [0.5, 0.6) is 0 Å². The molecular weight excluding hydrogens is 418 g/mol. The van der Waals surface area contributed by atoms with Crippen molar-refractivity contribution >= 4 is 11.8 Å². The summed E-state index contributed by atoms with van der Waals surface area (Å²) in [6, 6.07) is 0. The first-order chi connectivity index (χ1) is 14.9. The zero-order valence-electron chi connectivity index (χ0n) is 18.7. The van der Waals surface area contributed by atoms with Gasteiger partial charge in [0.2, 0.25) is 5.78 Å². The maximum absolute atomic E-state index is 13.0. The number of nitrogens with zero attached hydrogens (tertiary/aromatic N) is 1. The minimum atomic E-state index is -1.74. The highest BCUT2D eigenvalue weighted by atomic mass is 17.0. The van der Waals surface area contributed by atoms with Crippen molar-refractivity contribution in [2.45, 2.75) is 70.7 Å². The number of fused-ring (bicyclic) bond motifs is 5. The van der Waals surface area contributed by atoms with Gasteiger partial charge in [-0.3, -0.25) is 9.59 Å². The number of carbonyl (C=O) groups excluding carboxylic acids is 2. The first-order valence-corrected chi connectivity index (χ1v) is 11.2. The zero-order valence-corrected chi connectivity index (χ0v) is 18.7. The summed E-state index contributed by atoms with van der Waals surface area (Å²) >= 11 is 0. The Hall–Kier alpha value is -2.26. The number of hydrogen-bond donors (Lipinski definition) is 2. The molecule has 0 saturated heterocycles. The number of Topliss-reactive ketones (excluding diaryl/α,β-unsaturated/α-hetero) is 1. The summed E-state index contributed by atoms with van der Waals surface area (Å²) in [6.45, 7) is 4.53. The minimum Gasteiger partial charge on any atom is -0.458 e. The molecule has 0 radical (unpaired) electrons. The fourth-order valence-corrected chi connectivity index (χ4v) is 7.37. The van der Waals surface area contributed by atoms with Gasteiger partial charge in [0.15, 0.2) is 6.61 Å². The van der Waals surface area contributed by atoms with Gasteiger partial charge in [-0.25, -0.2) is 0 Å². The Morgan fingerprint density at radius 3 is 2.69 bits per heavy atom. The van der Waals surface area contributed by atoms with Gasteiger partial charge in [0, 0.05) is 23.7 Å². The van der Waals surface area contributed by atoms with Crippen molar-refractivity contribution in [3.63, 3.8) is 0 Å². The molecule has 9 nitrogen and oxygen atoms in total. The Balaban J connectivity index is 1.73. The van der Waals surface area contributed by atoms with Crippen LogP contribution < -0.4 is 0 Å². The van der Waals surface area contributed by atoms with E-state index in [0.29, 0.717) is 6.42 Å². The second-order valence-electron chi connectivity index (χ2n) is 10.3. The number of ketones is 1. The van der Waals surface area contributed by atoms with Crippen LogP contribution >= 0.6 is 0 Å². The molecule has 0 aliphatic heterocycles. The van der Waals surface area contributed by atoms with Crippen molar-refractivity contribution in [2.75, 3.05) is 6.61 Å². The van der Waals surface area contributed by atoms with Crippen LogP contribution in [0.25, 0.3) is 0 Å². The fraction of sp³-hybridized carbons (Fsp3) is 0.739. The molecule has 0 bridgehead atoms. The summed E-state index contributed by atoms with van der Waals surface area (Å²) in [5.74, 6) is -1.44. The second kappa shape index (κ2) is 7.66. The Morgan fingerprint density at radius 1 is 1.31 bits per heavy atom.